The predicted octanol–water partition coefficient (Wildman–Crippen LogP) is 0.968. The maximum absolute atomic E-state index is 12.2. The molecular weight excluding hydrogens is 240 g/mol. The van der Waals surface area contributed by atoms with Crippen LogP contribution < -0.4 is 10.6 Å². The Hall–Kier alpha value is -1.39. The van der Waals surface area contributed by atoms with Gasteiger partial charge in [-0.3, -0.25) is 4.79 Å². The molecule has 1 fully saturated rings. The second-order valence-electron chi connectivity index (χ2n) is 5.14. The van der Waals surface area contributed by atoms with E-state index < -0.39 is 0 Å². The van der Waals surface area contributed by atoms with Crippen molar-refractivity contribution in [2.24, 2.45) is 5.92 Å². The minimum absolute atomic E-state index is 0.0803. The average Bonchev–Trinajstić information content (AvgIpc) is 2.88. The van der Waals surface area contributed by atoms with Crippen LogP contribution in [-0.2, 0) is 16.0 Å². The molecule has 1 aromatic carbocycles. The molecule has 0 aliphatic carbocycles. The second-order valence-corrected chi connectivity index (χ2v) is 5.14. The van der Waals surface area contributed by atoms with Crippen LogP contribution in [0.3, 0.4) is 0 Å². The Morgan fingerprint density at radius 2 is 2.11 bits per heavy atom. The molecule has 0 radical (unpaired) electrons. The number of carbonyl (C=O) groups is 1. The molecule has 3 unspecified atom stereocenters. The number of carbonyl (C=O) groups excluding carboxylic acids is 1. The summed E-state index contributed by atoms with van der Waals surface area (Å²) >= 11 is 0. The van der Waals surface area contributed by atoms with Gasteiger partial charge in [0.05, 0.1) is 19.1 Å². The van der Waals surface area contributed by atoms with Gasteiger partial charge in [-0.05, 0) is 26.0 Å². The molecule has 1 aromatic rings. The van der Waals surface area contributed by atoms with Gasteiger partial charge in [0.2, 0.25) is 5.91 Å². The Kier molecular flexibility index (Phi) is 4.93. The van der Waals surface area contributed by atoms with E-state index in [1.54, 1.807) is 0 Å². The molecule has 3 atom stereocenters. The van der Waals surface area contributed by atoms with Gasteiger partial charge in [0.15, 0.2) is 0 Å². The van der Waals surface area contributed by atoms with Crippen molar-refractivity contribution >= 4 is 5.91 Å². The first-order valence-electron chi connectivity index (χ1n) is 6.80. The molecule has 4 nitrogen and oxygen atoms in total. The van der Waals surface area contributed by atoms with E-state index in [4.69, 9.17) is 4.74 Å². The van der Waals surface area contributed by atoms with E-state index in [9.17, 15) is 4.79 Å². The first kappa shape index (κ1) is 14.0. The lowest BCUT2D eigenvalue weighted by atomic mass is 10.0. The quantitative estimate of drug-likeness (QED) is 0.831. The van der Waals surface area contributed by atoms with Crippen LogP contribution in [0.15, 0.2) is 30.3 Å². The molecule has 0 spiro atoms. The molecule has 4 heteroatoms. The van der Waals surface area contributed by atoms with Crippen molar-refractivity contribution in [3.63, 3.8) is 0 Å². The molecular formula is C15H22N2O2. The highest BCUT2D eigenvalue weighted by Gasteiger charge is 2.33. The van der Waals surface area contributed by atoms with E-state index in [0.29, 0.717) is 13.2 Å². The van der Waals surface area contributed by atoms with Crippen LogP contribution in [-0.4, -0.2) is 38.3 Å². The van der Waals surface area contributed by atoms with E-state index in [0.717, 1.165) is 6.42 Å². The van der Waals surface area contributed by atoms with Crippen molar-refractivity contribution < 1.29 is 9.53 Å². The topological polar surface area (TPSA) is 50.4 Å². The van der Waals surface area contributed by atoms with Crippen LogP contribution in [0.4, 0.5) is 0 Å². The SMILES string of the molecule is CNC1COCC1C(=O)NC(C)Cc1ccccc1. The van der Waals surface area contributed by atoms with Gasteiger partial charge in [-0.1, -0.05) is 30.3 Å². The maximum atomic E-state index is 12.2. The van der Waals surface area contributed by atoms with E-state index in [2.05, 4.69) is 22.8 Å². The van der Waals surface area contributed by atoms with Gasteiger partial charge in [-0.25, -0.2) is 0 Å². The summed E-state index contributed by atoms with van der Waals surface area (Å²) in [5.74, 6) is 0.00324. The van der Waals surface area contributed by atoms with Gasteiger partial charge in [-0.15, -0.1) is 0 Å². The zero-order valence-electron chi connectivity index (χ0n) is 11.6. The molecule has 0 saturated carbocycles. The van der Waals surface area contributed by atoms with Crippen LogP contribution in [0, 0.1) is 5.92 Å². The third-order valence-electron chi connectivity index (χ3n) is 3.56. The van der Waals surface area contributed by atoms with Crippen molar-refractivity contribution in [1.29, 1.82) is 0 Å². The fourth-order valence-electron chi connectivity index (χ4n) is 2.47. The Labute approximate surface area is 114 Å². The largest absolute Gasteiger partial charge is 0.379 e. The van der Waals surface area contributed by atoms with Crippen molar-refractivity contribution in [3.8, 4) is 0 Å². The van der Waals surface area contributed by atoms with Crippen molar-refractivity contribution in [1.82, 2.24) is 10.6 Å². The first-order valence-corrected chi connectivity index (χ1v) is 6.80. The minimum atomic E-state index is -0.0803. The van der Waals surface area contributed by atoms with Crippen molar-refractivity contribution in [3.05, 3.63) is 35.9 Å². The standard InChI is InChI=1S/C15H22N2O2/c1-11(8-12-6-4-3-5-7-12)17-15(18)13-9-19-10-14(13)16-2/h3-7,11,13-14,16H,8-10H2,1-2H3,(H,17,18). The number of amides is 1. The molecule has 0 aromatic heterocycles. The van der Waals surface area contributed by atoms with Gasteiger partial charge in [-0.2, -0.15) is 0 Å². The summed E-state index contributed by atoms with van der Waals surface area (Å²) in [6, 6.07) is 10.5. The molecule has 0 bridgehead atoms. The van der Waals surface area contributed by atoms with Gasteiger partial charge >= 0.3 is 0 Å². The lowest BCUT2D eigenvalue weighted by Crippen LogP contribution is -2.45. The van der Waals surface area contributed by atoms with E-state index in [-0.39, 0.29) is 23.9 Å². The van der Waals surface area contributed by atoms with Crippen LogP contribution >= 0.6 is 0 Å². The zero-order valence-corrected chi connectivity index (χ0v) is 11.6. The smallest absolute Gasteiger partial charge is 0.227 e. The summed E-state index contributed by atoms with van der Waals surface area (Å²) in [7, 11) is 1.87. The van der Waals surface area contributed by atoms with Crippen LogP contribution in [0.25, 0.3) is 0 Å². The highest BCUT2D eigenvalue weighted by molar-refractivity contribution is 5.80. The summed E-state index contributed by atoms with van der Waals surface area (Å²) in [6.45, 7) is 3.16. The van der Waals surface area contributed by atoms with Crippen LogP contribution in [0.2, 0.25) is 0 Å². The highest BCUT2D eigenvalue weighted by atomic mass is 16.5. The molecule has 19 heavy (non-hydrogen) atoms. The Morgan fingerprint density at radius 3 is 2.79 bits per heavy atom. The van der Waals surface area contributed by atoms with Gasteiger partial charge < -0.3 is 15.4 Å². The minimum Gasteiger partial charge on any atom is -0.379 e. The fraction of sp³-hybridized carbons (Fsp3) is 0.533. The monoisotopic (exact) mass is 262 g/mol. The number of hydrogen-bond donors (Lipinski definition) is 2. The van der Waals surface area contributed by atoms with Crippen molar-refractivity contribution in [2.45, 2.75) is 25.4 Å². The molecule has 1 heterocycles. The lowest BCUT2D eigenvalue weighted by Gasteiger charge is -2.20. The summed E-state index contributed by atoms with van der Waals surface area (Å²) in [6.07, 6.45) is 0.852. The molecule has 1 aliphatic rings. The summed E-state index contributed by atoms with van der Waals surface area (Å²) in [5.41, 5.74) is 1.24. The third-order valence-corrected chi connectivity index (χ3v) is 3.56. The number of nitrogens with one attached hydrogen (secondary N) is 2. The van der Waals surface area contributed by atoms with Crippen molar-refractivity contribution in [2.75, 3.05) is 20.3 Å². The predicted molar refractivity (Wildman–Crippen MR) is 74.9 cm³/mol. The summed E-state index contributed by atoms with van der Waals surface area (Å²) < 4.78 is 5.36. The van der Waals surface area contributed by atoms with Gasteiger partial charge in [0.1, 0.15) is 0 Å². The van der Waals surface area contributed by atoms with E-state index >= 15 is 0 Å². The Balaban J connectivity index is 1.85. The molecule has 1 saturated heterocycles. The molecule has 104 valence electrons. The molecule has 2 N–H and O–H groups in total. The average molecular weight is 262 g/mol. The number of benzene rings is 1. The van der Waals surface area contributed by atoms with E-state index in [1.807, 2.05) is 32.2 Å². The number of rotatable bonds is 5. The second kappa shape index (κ2) is 6.68. The number of ether oxygens (including phenoxy) is 1. The highest BCUT2D eigenvalue weighted by Crippen LogP contribution is 2.14. The molecule has 1 amide bonds. The fourth-order valence-corrected chi connectivity index (χ4v) is 2.47. The summed E-state index contributed by atoms with van der Waals surface area (Å²) in [5, 5.41) is 6.21. The van der Waals surface area contributed by atoms with Gasteiger partial charge in [0, 0.05) is 12.1 Å². The number of likely N-dealkylation sites (N-methyl/N-ethyl adjacent to an activating group) is 1. The summed E-state index contributed by atoms with van der Waals surface area (Å²) in [4.78, 5) is 12.2. The first-order chi connectivity index (χ1) is 9.20. The van der Waals surface area contributed by atoms with E-state index in [1.165, 1.54) is 5.56 Å². The Morgan fingerprint density at radius 1 is 1.37 bits per heavy atom. The maximum Gasteiger partial charge on any atom is 0.227 e. The van der Waals surface area contributed by atoms with Gasteiger partial charge in [0.25, 0.3) is 0 Å². The number of hydrogen-bond acceptors (Lipinski definition) is 3. The Bertz CT molecular complexity index is 408. The van der Waals surface area contributed by atoms with Crippen LogP contribution in [0.5, 0.6) is 0 Å². The molecule has 1 aliphatic heterocycles. The molecule has 2 rings (SSSR count). The normalized spacial score (nSPS) is 24.1. The van der Waals surface area contributed by atoms with Crippen LogP contribution in [0.1, 0.15) is 12.5 Å². The lowest BCUT2D eigenvalue weighted by molar-refractivity contribution is -0.126. The zero-order chi connectivity index (χ0) is 13.7. The third kappa shape index (κ3) is 3.78.